The number of piperidine rings is 1. The van der Waals surface area contributed by atoms with Crippen molar-refractivity contribution >= 4 is 26.7 Å². The van der Waals surface area contributed by atoms with E-state index in [4.69, 9.17) is 4.98 Å². The normalized spacial score (nSPS) is 19.6. The summed E-state index contributed by atoms with van der Waals surface area (Å²) in [5.74, 6) is 0. The molecular weight excluding hydrogens is 268 g/mol. The van der Waals surface area contributed by atoms with E-state index in [1.165, 1.54) is 17.5 Å². The zero-order valence-corrected chi connectivity index (χ0v) is 12.0. The van der Waals surface area contributed by atoms with Gasteiger partial charge in [0.15, 0.2) is 5.13 Å². The van der Waals surface area contributed by atoms with Crippen molar-refractivity contribution < 1.29 is 0 Å². The molecule has 0 amide bonds. The molecule has 0 aliphatic carbocycles. The number of nitrogens with zero attached hydrogens (tertiary/aromatic N) is 4. The second-order valence-electron chi connectivity index (χ2n) is 5.19. The highest BCUT2D eigenvalue weighted by atomic mass is 32.1. The Morgan fingerprint density at radius 2 is 2.15 bits per heavy atom. The Labute approximate surface area is 121 Å². The summed E-state index contributed by atoms with van der Waals surface area (Å²) in [5, 5.41) is 5.53. The molecule has 0 bridgehead atoms. The molecule has 0 saturated carbocycles. The molecule has 5 heteroatoms. The third-order valence-electron chi connectivity index (χ3n) is 3.85. The van der Waals surface area contributed by atoms with Crippen molar-refractivity contribution in [2.24, 2.45) is 0 Å². The Balaban J connectivity index is 1.61. The third kappa shape index (κ3) is 2.08. The molecule has 4 rings (SSSR count). The van der Waals surface area contributed by atoms with Crippen LogP contribution in [0.15, 0.2) is 42.7 Å². The number of rotatable bonds is 2. The number of benzene rings is 1. The number of hydrogen-bond acceptors (Lipinski definition) is 4. The summed E-state index contributed by atoms with van der Waals surface area (Å²) in [6.45, 7) is 2.10. The Morgan fingerprint density at radius 3 is 3.00 bits per heavy atom. The zero-order valence-electron chi connectivity index (χ0n) is 11.1. The number of hydrogen-bond donors (Lipinski definition) is 0. The predicted molar refractivity (Wildman–Crippen MR) is 82.3 cm³/mol. The van der Waals surface area contributed by atoms with Crippen molar-refractivity contribution in [1.82, 2.24) is 14.8 Å². The van der Waals surface area contributed by atoms with E-state index in [0.29, 0.717) is 6.04 Å². The minimum atomic E-state index is 0.464. The van der Waals surface area contributed by atoms with Crippen LogP contribution in [-0.2, 0) is 0 Å². The molecule has 2 aromatic heterocycles. The lowest BCUT2D eigenvalue weighted by Crippen LogP contribution is -2.36. The summed E-state index contributed by atoms with van der Waals surface area (Å²) >= 11 is 1.79. The van der Waals surface area contributed by atoms with Gasteiger partial charge in [-0.05, 0) is 31.0 Å². The van der Waals surface area contributed by atoms with Gasteiger partial charge in [-0.25, -0.2) is 4.98 Å². The molecule has 1 saturated heterocycles. The molecule has 0 radical (unpaired) electrons. The Hall–Kier alpha value is -1.88. The average Bonchev–Trinajstić information content (AvgIpc) is 3.16. The SMILES string of the molecule is c1ccc2sc(N3CCCC(n4cccn4)C3)nc2c1. The quantitative estimate of drug-likeness (QED) is 0.724. The highest BCUT2D eigenvalue weighted by molar-refractivity contribution is 7.22. The van der Waals surface area contributed by atoms with E-state index in [1.54, 1.807) is 11.3 Å². The molecule has 1 aliphatic heterocycles. The van der Waals surface area contributed by atoms with Gasteiger partial charge in [0.2, 0.25) is 0 Å². The molecule has 1 aliphatic rings. The first kappa shape index (κ1) is 11.9. The minimum absolute atomic E-state index is 0.464. The first-order chi connectivity index (χ1) is 9.90. The van der Waals surface area contributed by atoms with Crippen molar-refractivity contribution in [3.63, 3.8) is 0 Å². The zero-order chi connectivity index (χ0) is 13.4. The highest BCUT2D eigenvalue weighted by Gasteiger charge is 2.23. The highest BCUT2D eigenvalue weighted by Crippen LogP contribution is 2.32. The number of thiazole rings is 1. The second-order valence-corrected chi connectivity index (χ2v) is 6.20. The van der Waals surface area contributed by atoms with Crippen LogP contribution in [-0.4, -0.2) is 27.9 Å². The summed E-state index contributed by atoms with van der Waals surface area (Å²) in [4.78, 5) is 7.17. The number of fused-ring (bicyclic) bond motifs is 1. The standard InChI is InChI=1S/C15H16N4S/c1-2-7-14-13(6-1)17-15(20-14)18-9-3-5-12(11-18)19-10-4-8-16-19/h1-2,4,6-8,10,12H,3,5,9,11H2. The van der Waals surface area contributed by atoms with E-state index in [1.807, 2.05) is 12.3 Å². The van der Waals surface area contributed by atoms with E-state index < -0.39 is 0 Å². The van der Waals surface area contributed by atoms with Crippen LogP contribution in [0.3, 0.4) is 0 Å². The van der Waals surface area contributed by atoms with Gasteiger partial charge in [-0.15, -0.1) is 0 Å². The molecule has 1 aromatic carbocycles. The summed E-state index contributed by atoms with van der Waals surface area (Å²) < 4.78 is 3.35. The molecule has 102 valence electrons. The smallest absolute Gasteiger partial charge is 0.186 e. The molecule has 0 spiro atoms. The summed E-state index contributed by atoms with van der Waals surface area (Å²) in [6.07, 6.45) is 6.31. The topological polar surface area (TPSA) is 34.0 Å². The lowest BCUT2D eigenvalue weighted by Gasteiger charge is -2.32. The van der Waals surface area contributed by atoms with E-state index in [0.717, 1.165) is 23.7 Å². The number of para-hydroxylation sites is 1. The van der Waals surface area contributed by atoms with Gasteiger partial charge in [0.1, 0.15) is 0 Å². The van der Waals surface area contributed by atoms with E-state index >= 15 is 0 Å². The first-order valence-corrected chi connectivity index (χ1v) is 7.81. The van der Waals surface area contributed by atoms with Gasteiger partial charge in [0, 0.05) is 25.5 Å². The lowest BCUT2D eigenvalue weighted by molar-refractivity contribution is 0.376. The average molecular weight is 284 g/mol. The molecule has 1 unspecified atom stereocenters. The van der Waals surface area contributed by atoms with Gasteiger partial charge < -0.3 is 4.90 Å². The van der Waals surface area contributed by atoms with Crippen molar-refractivity contribution in [3.8, 4) is 0 Å². The van der Waals surface area contributed by atoms with Gasteiger partial charge in [0.05, 0.1) is 16.3 Å². The summed E-state index contributed by atoms with van der Waals surface area (Å²) in [6, 6.07) is 10.8. The fraction of sp³-hybridized carbons (Fsp3) is 0.333. The predicted octanol–water partition coefficient (Wildman–Crippen LogP) is 3.33. The van der Waals surface area contributed by atoms with Crippen molar-refractivity contribution in [1.29, 1.82) is 0 Å². The van der Waals surface area contributed by atoms with E-state index in [-0.39, 0.29) is 0 Å². The molecule has 4 nitrogen and oxygen atoms in total. The van der Waals surface area contributed by atoms with Crippen LogP contribution >= 0.6 is 11.3 Å². The van der Waals surface area contributed by atoms with Crippen LogP contribution < -0.4 is 4.90 Å². The van der Waals surface area contributed by atoms with Gasteiger partial charge in [0.25, 0.3) is 0 Å². The first-order valence-electron chi connectivity index (χ1n) is 7.00. The van der Waals surface area contributed by atoms with E-state index in [9.17, 15) is 0 Å². The van der Waals surface area contributed by atoms with Crippen LogP contribution in [0.4, 0.5) is 5.13 Å². The third-order valence-corrected chi connectivity index (χ3v) is 4.95. The maximum absolute atomic E-state index is 4.77. The molecule has 1 atom stereocenters. The Morgan fingerprint density at radius 1 is 1.20 bits per heavy atom. The van der Waals surface area contributed by atoms with Crippen molar-refractivity contribution in [3.05, 3.63) is 42.7 Å². The van der Waals surface area contributed by atoms with Crippen molar-refractivity contribution in [2.45, 2.75) is 18.9 Å². The summed E-state index contributed by atoms with van der Waals surface area (Å²) in [5.41, 5.74) is 1.11. The molecule has 3 aromatic rings. The maximum Gasteiger partial charge on any atom is 0.186 e. The Bertz CT molecular complexity index is 671. The van der Waals surface area contributed by atoms with Gasteiger partial charge in [-0.3, -0.25) is 4.68 Å². The van der Waals surface area contributed by atoms with Gasteiger partial charge in [-0.1, -0.05) is 23.5 Å². The molecule has 0 N–H and O–H groups in total. The maximum atomic E-state index is 4.77. The van der Waals surface area contributed by atoms with Gasteiger partial charge >= 0.3 is 0 Å². The fourth-order valence-electron chi connectivity index (χ4n) is 2.84. The molecule has 3 heterocycles. The fourth-order valence-corrected chi connectivity index (χ4v) is 3.84. The lowest BCUT2D eigenvalue weighted by atomic mass is 10.1. The molecule has 20 heavy (non-hydrogen) atoms. The largest absolute Gasteiger partial charge is 0.346 e. The number of aromatic nitrogens is 3. The summed E-state index contributed by atoms with van der Waals surface area (Å²) in [7, 11) is 0. The second kappa shape index (κ2) is 4.90. The van der Waals surface area contributed by atoms with Crippen LogP contribution in [0.25, 0.3) is 10.2 Å². The molecular formula is C15H16N4S. The van der Waals surface area contributed by atoms with Gasteiger partial charge in [-0.2, -0.15) is 5.10 Å². The number of anilines is 1. The van der Waals surface area contributed by atoms with Crippen LogP contribution in [0, 0.1) is 0 Å². The Kier molecular flexibility index (Phi) is 2.92. The van der Waals surface area contributed by atoms with Crippen molar-refractivity contribution in [2.75, 3.05) is 18.0 Å². The van der Waals surface area contributed by atoms with E-state index in [2.05, 4.69) is 45.1 Å². The molecule has 1 fully saturated rings. The van der Waals surface area contributed by atoms with Crippen LogP contribution in [0.5, 0.6) is 0 Å². The minimum Gasteiger partial charge on any atom is -0.346 e. The van der Waals surface area contributed by atoms with Crippen LogP contribution in [0.1, 0.15) is 18.9 Å². The van der Waals surface area contributed by atoms with Crippen LogP contribution in [0.2, 0.25) is 0 Å². The monoisotopic (exact) mass is 284 g/mol.